The minimum Gasteiger partial charge on any atom is -0.464 e. The largest absolute Gasteiger partial charge is 0.464 e. The highest BCUT2D eigenvalue weighted by atomic mass is 32.2. The fraction of sp³-hybridized carbons (Fsp3) is 0.267. The molecular weight excluding hydrogens is 272 g/mol. The second-order valence-corrected chi connectivity index (χ2v) is 5.44. The van der Waals surface area contributed by atoms with Crippen LogP contribution in [0.25, 0.3) is 0 Å². The maximum atomic E-state index is 10.9. The minimum atomic E-state index is -0.0574. The zero-order valence-electron chi connectivity index (χ0n) is 11.6. The maximum absolute atomic E-state index is 10.9. The van der Waals surface area contributed by atoms with Crippen molar-refractivity contribution in [1.82, 2.24) is 5.32 Å². The first-order valence-electron chi connectivity index (χ1n) is 6.40. The number of furan rings is 1. The van der Waals surface area contributed by atoms with Crippen molar-refractivity contribution >= 4 is 23.4 Å². The quantitative estimate of drug-likeness (QED) is 0.802. The van der Waals surface area contributed by atoms with E-state index in [0.29, 0.717) is 0 Å². The third-order valence-corrected chi connectivity index (χ3v) is 3.66. The second-order valence-electron chi connectivity index (χ2n) is 4.39. The number of amides is 1. The Hall–Kier alpha value is -1.72. The topological polar surface area (TPSA) is 54.3 Å². The maximum Gasteiger partial charge on any atom is 0.221 e. The molecule has 1 aromatic heterocycles. The summed E-state index contributed by atoms with van der Waals surface area (Å²) in [5, 5.41) is 5.81. The average Bonchev–Trinajstić information content (AvgIpc) is 2.86. The lowest BCUT2D eigenvalue weighted by atomic mass is 10.3. The van der Waals surface area contributed by atoms with Gasteiger partial charge in [0.25, 0.3) is 0 Å². The van der Waals surface area contributed by atoms with Gasteiger partial charge in [-0.15, -0.1) is 11.8 Å². The van der Waals surface area contributed by atoms with Crippen LogP contribution in [0.15, 0.2) is 45.7 Å². The van der Waals surface area contributed by atoms with Gasteiger partial charge in [-0.3, -0.25) is 4.79 Å². The van der Waals surface area contributed by atoms with E-state index in [1.807, 2.05) is 43.4 Å². The molecule has 2 aromatic rings. The molecule has 0 spiro atoms. The van der Waals surface area contributed by atoms with E-state index in [4.69, 9.17) is 4.42 Å². The summed E-state index contributed by atoms with van der Waals surface area (Å²) < 4.78 is 5.68. The summed E-state index contributed by atoms with van der Waals surface area (Å²) in [4.78, 5) is 12.1. The van der Waals surface area contributed by atoms with Gasteiger partial charge in [0, 0.05) is 17.5 Å². The second kappa shape index (κ2) is 7.17. The minimum absolute atomic E-state index is 0.0574. The van der Waals surface area contributed by atoms with Crippen molar-refractivity contribution in [2.24, 2.45) is 0 Å². The molecule has 0 atom stereocenters. The molecule has 0 radical (unpaired) electrons. The Morgan fingerprint density at radius 2 is 1.85 bits per heavy atom. The molecule has 0 saturated carbocycles. The highest BCUT2D eigenvalue weighted by Crippen LogP contribution is 2.25. The van der Waals surface area contributed by atoms with Crippen molar-refractivity contribution in [3.63, 3.8) is 0 Å². The molecule has 0 bridgehead atoms. The molecule has 1 heterocycles. The number of rotatable bonds is 6. The standard InChI is InChI=1S/C15H18N2O2S/c1-11(18)17-12-3-7-15(8-4-12)20-10-14-6-5-13(19-14)9-16-2/h3-8,16H,9-10H2,1-2H3,(H,17,18). The zero-order valence-corrected chi connectivity index (χ0v) is 12.4. The van der Waals surface area contributed by atoms with Crippen LogP contribution in [0.3, 0.4) is 0 Å². The summed E-state index contributed by atoms with van der Waals surface area (Å²) in [7, 11) is 1.90. The monoisotopic (exact) mass is 290 g/mol. The lowest BCUT2D eigenvalue weighted by molar-refractivity contribution is -0.114. The van der Waals surface area contributed by atoms with Gasteiger partial charge in [-0.25, -0.2) is 0 Å². The van der Waals surface area contributed by atoms with Crippen LogP contribution < -0.4 is 10.6 Å². The van der Waals surface area contributed by atoms with E-state index in [1.165, 1.54) is 6.92 Å². The van der Waals surface area contributed by atoms with Crippen molar-refractivity contribution in [2.75, 3.05) is 12.4 Å². The number of carbonyl (C=O) groups is 1. The number of hydrogen-bond donors (Lipinski definition) is 2. The fourth-order valence-corrected chi connectivity index (χ4v) is 2.55. The van der Waals surface area contributed by atoms with E-state index in [-0.39, 0.29) is 5.91 Å². The van der Waals surface area contributed by atoms with E-state index in [9.17, 15) is 4.79 Å². The van der Waals surface area contributed by atoms with Crippen LogP contribution in [0.1, 0.15) is 18.4 Å². The predicted molar refractivity (Wildman–Crippen MR) is 81.8 cm³/mol. The van der Waals surface area contributed by atoms with E-state index in [2.05, 4.69) is 10.6 Å². The molecule has 20 heavy (non-hydrogen) atoms. The Morgan fingerprint density at radius 1 is 1.15 bits per heavy atom. The lowest BCUT2D eigenvalue weighted by Gasteiger charge is -2.03. The molecule has 1 aromatic carbocycles. The summed E-state index contributed by atoms with van der Waals surface area (Å²) in [6.45, 7) is 2.25. The molecule has 1 amide bonds. The third-order valence-electron chi connectivity index (χ3n) is 2.62. The summed E-state index contributed by atoms with van der Waals surface area (Å²) >= 11 is 1.71. The normalized spacial score (nSPS) is 10.5. The van der Waals surface area contributed by atoms with Gasteiger partial charge in [0.05, 0.1) is 12.3 Å². The number of nitrogens with one attached hydrogen (secondary N) is 2. The van der Waals surface area contributed by atoms with Crippen molar-refractivity contribution in [3.8, 4) is 0 Å². The van der Waals surface area contributed by atoms with E-state index >= 15 is 0 Å². The summed E-state index contributed by atoms with van der Waals surface area (Å²) in [6, 6.07) is 11.8. The summed E-state index contributed by atoms with van der Waals surface area (Å²) in [5.41, 5.74) is 0.816. The van der Waals surface area contributed by atoms with Crippen LogP contribution in [-0.4, -0.2) is 13.0 Å². The Bertz CT molecular complexity index is 564. The molecule has 5 heteroatoms. The molecule has 0 unspecified atom stereocenters. The Balaban J connectivity index is 1.88. The molecule has 4 nitrogen and oxygen atoms in total. The Morgan fingerprint density at radius 3 is 2.50 bits per heavy atom. The van der Waals surface area contributed by atoms with Crippen molar-refractivity contribution in [1.29, 1.82) is 0 Å². The number of carbonyl (C=O) groups excluding carboxylic acids is 1. The number of thioether (sulfide) groups is 1. The molecule has 2 N–H and O–H groups in total. The Labute approximate surface area is 122 Å². The van der Waals surface area contributed by atoms with Gasteiger partial charge >= 0.3 is 0 Å². The van der Waals surface area contributed by atoms with E-state index in [0.717, 1.165) is 34.4 Å². The smallest absolute Gasteiger partial charge is 0.221 e. The molecule has 0 aliphatic heterocycles. The first-order chi connectivity index (χ1) is 9.67. The molecular formula is C15H18N2O2S. The zero-order chi connectivity index (χ0) is 14.4. The lowest BCUT2D eigenvalue weighted by Crippen LogP contribution is -2.05. The molecule has 106 valence electrons. The number of hydrogen-bond acceptors (Lipinski definition) is 4. The van der Waals surface area contributed by atoms with Gasteiger partial charge in [0.1, 0.15) is 11.5 Å². The van der Waals surface area contributed by atoms with E-state index in [1.54, 1.807) is 11.8 Å². The Kier molecular flexibility index (Phi) is 5.26. The summed E-state index contributed by atoms with van der Waals surface area (Å²) in [5.74, 6) is 2.65. The highest BCUT2D eigenvalue weighted by Gasteiger charge is 2.03. The van der Waals surface area contributed by atoms with Crippen LogP contribution in [0.5, 0.6) is 0 Å². The van der Waals surface area contributed by atoms with Crippen LogP contribution in [0, 0.1) is 0 Å². The average molecular weight is 290 g/mol. The van der Waals surface area contributed by atoms with Crippen molar-refractivity contribution < 1.29 is 9.21 Å². The van der Waals surface area contributed by atoms with Gasteiger partial charge in [0.15, 0.2) is 0 Å². The van der Waals surface area contributed by atoms with Gasteiger partial charge < -0.3 is 15.1 Å². The van der Waals surface area contributed by atoms with Gasteiger partial charge in [-0.1, -0.05) is 0 Å². The SMILES string of the molecule is CNCc1ccc(CSc2ccc(NC(C)=O)cc2)o1. The fourth-order valence-electron chi connectivity index (χ4n) is 1.76. The first-order valence-corrected chi connectivity index (χ1v) is 7.38. The molecule has 2 rings (SSSR count). The molecule has 0 aliphatic carbocycles. The number of benzene rings is 1. The van der Waals surface area contributed by atoms with Crippen molar-refractivity contribution in [2.45, 2.75) is 24.1 Å². The van der Waals surface area contributed by atoms with Crippen molar-refractivity contribution in [3.05, 3.63) is 47.9 Å². The highest BCUT2D eigenvalue weighted by molar-refractivity contribution is 7.98. The summed E-state index contributed by atoms with van der Waals surface area (Å²) in [6.07, 6.45) is 0. The van der Waals surface area contributed by atoms with Gasteiger partial charge in [-0.2, -0.15) is 0 Å². The number of anilines is 1. The van der Waals surface area contributed by atoms with Crippen LogP contribution in [0.2, 0.25) is 0 Å². The van der Waals surface area contributed by atoms with Crippen LogP contribution >= 0.6 is 11.8 Å². The molecule has 0 saturated heterocycles. The molecule has 0 fully saturated rings. The first kappa shape index (κ1) is 14.7. The predicted octanol–water partition coefficient (Wildman–Crippen LogP) is 3.25. The molecule has 0 aliphatic rings. The van der Waals surface area contributed by atoms with Crippen LogP contribution in [-0.2, 0) is 17.1 Å². The van der Waals surface area contributed by atoms with Crippen LogP contribution in [0.4, 0.5) is 5.69 Å². The third kappa shape index (κ3) is 4.43. The van der Waals surface area contributed by atoms with Gasteiger partial charge in [-0.05, 0) is 43.4 Å². The van der Waals surface area contributed by atoms with E-state index < -0.39 is 0 Å². The van der Waals surface area contributed by atoms with Gasteiger partial charge in [0.2, 0.25) is 5.91 Å².